The first-order valence-electron chi connectivity index (χ1n) is 12.9. The summed E-state index contributed by atoms with van der Waals surface area (Å²) in [5.74, 6) is 0. The van der Waals surface area contributed by atoms with Crippen molar-refractivity contribution in [3.63, 3.8) is 0 Å². The van der Waals surface area contributed by atoms with E-state index >= 15 is 0 Å². The number of aryl methyl sites for hydroxylation is 1. The SMILES string of the molecule is NCCCNCCCCCCCCCCCCCCCCCCc1ccccc1. The fourth-order valence-electron chi connectivity index (χ4n) is 4.05. The highest BCUT2D eigenvalue weighted by Gasteiger charge is 1.96. The minimum Gasteiger partial charge on any atom is -0.330 e. The highest BCUT2D eigenvalue weighted by molar-refractivity contribution is 5.14. The van der Waals surface area contributed by atoms with Gasteiger partial charge in [-0.1, -0.05) is 120 Å². The standard InChI is InChI=1S/C27H50N2/c28-24-20-26-29-25-19-14-12-10-8-6-4-2-1-3-5-7-9-11-13-16-21-27-22-17-15-18-23-27/h15,17-18,22-23,29H,1-14,16,19-21,24-26,28H2. The van der Waals surface area contributed by atoms with Gasteiger partial charge in [-0.3, -0.25) is 0 Å². The number of benzene rings is 1. The van der Waals surface area contributed by atoms with Crippen LogP contribution in [-0.4, -0.2) is 19.6 Å². The minimum absolute atomic E-state index is 0.808. The topological polar surface area (TPSA) is 38.0 Å². The van der Waals surface area contributed by atoms with Gasteiger partial charge in [-0.25, -0.2) is 0 Å². The average Bonchev–Trinajstić information content (AvgIpc) is 2.75. The lowest BCUT2D eigenvalue weighted by atomic mass is 10.0. The smallest absolute Gasteiger partial charge is 0.00369 e. The van der Waals surface area contributed by atoms with E-state index in [0.29, 0.717) is 0 Å². The van der Waals surface area contributed by atoms with Crippen LogP contribution in [0.4, 0.5) is 0 Å². The molecule has 2 heteroatoms. The Bertz CT molecular complexity index is 418. The van der Waals surface area contributed by atoms with Gasteiger partial charge in [0.2, 0.25) is 0 Å². The lowest BCUT2D eigenvalue weighted by Gasteiger charge is -2.05. The van der Waals surface area contributed by atoms with Crippen molar-refractivity contribution in [1.82, 2.24) is 5.32 Å². The normalized spacial score (nSPS) is 11.2. The molecule has 29 heavy (non-hydrogen) atoms. The quantitative estimate of drug-likeness (QED) is 0.198. The summed E-state index contributed by atoms with van der Waals surface area (Å²) in [5.41, 5.74) is 6.98. The lowest BCUT2D eigenvalue weighted by molar-refractivity contribution is 0.523. The molecule has 2 nitrogen and oxygen atoms in total. The molecule has 1 aromatic rings. The molecule has 0 radical (unpaired) electrons. The predicted octanol–water partition coefficient (Wildman–Crippen LogP) is 7.41. The molecule has 0 saturated heterocycles. The van der Waals surface area contributed by atoms with Crippen LogP contribution in [-0.2, 0) is 6.42 Å². The van der Waals surface area contributed by atoms with Crippen molar-refractivity contribution in [1.29, 1.82) is 0 Å². The van der Waals surface area contributed by atoms with Crippen molar-refractivity contribution in [2.24, 2.45) is 5.73 Å². The Labute approximate surface area is 182 Å². The number of hydrogen-bond donors (Lipinski definition) is 2. The Morgan fingerprint density at radius 3 is 1.38 bits per heavy atom. The second-order valence-corrected chi connectivity index (χ2v) is 8.78. The Balaban J connectivity index is 1.66. The van der Waals surface area contributed by atoms with Crippen LogP contribution >= 0.6 is 0 Å². The van der Waals surface area contributed by atoms with E-state index in [9.17, 15) is 0 Å². The Morgan fingerprint density at radius 2 is 0.897 bits per heavy atom. The molecule has 0 atom stereocenters. The first-order chi connectivity index (χ1) is 14.4. The van der Waals surface area contributed by atoms with Gasteiger partial charge in [-0.2, -0.15) is 0 Å². The largest absolute Gasteiger partial charge is 0.330 e. The minimum atomic E-state index is 0.808. The number of hydrogen-bond acceptors (Lipinski definition) is 2. The molecule has 3 N–H and O–H groups in total. The molecule has 0 aromatic heterocycles. The van der Waals surface area contributed by atoms with Crippen LogP contribution in [0.2, 0.25) is 0 Å². The van der Waals surface area contributed by atoms with Gasteiger partial charge < -0.3 is 11.1 Å². The van der Waals surface area contributed by atoms with Gasteiger partial charge in [0.05, 0.1) is 0 Å². The van der Waals surface area contributed by atoms with E-state index in [0.717, 1.165) is 19.5 Å². The van der Waals surface area contributed by atoms with Crippen molar-refractivity contribution in [2.75, 3.05) is 19.6 Å². The van der Waals surface area contributed by atoms with Gasteiger partial charge in [0.1, 0.15) is 0 Å². The zero-order valence-corrected chi connectivity index (χ0v) is 19.3. The Morgan fingerprint density at radius 1 is 0.483 bits per heavy atom. The van der Waals surface area contributed by atoms with Crippen LogP contribution < -0.4 is 11.1 Å². The number of nitrogens with one attached hydrogen (secondary N) is 1. The van der Waals surface area contributed by atoms with Crippen molar-refractivity contribution in [2.45, 2.75) is 116 Å². The van der Waals surface area contributed by atoms with E-state index in [1.54, 1.807) is 0 Å². The summed E-state index contributed by atoms with van der Waals surface area (Å²) in [6.45, 7) is 3.07. The fourth-order valence-corrected chi connectivity index (χ4v) is 4.05. The number of unbranched alkanes of at least 4 members (excludes halogenated alkanes) is 15. The third kappa shape index (κ3) is 18.9. The van der Waals surface area contributed by atoms with Crippen molar-refractivity contribution in [3.8, 4) is 0 Å². The summed E-state index contributed by atoms with van der Waals surface area (Å²) in [4.78, 5) is 0. The molecule has 0 fully saturated rings. The Hall–Kier alpha value is -0.860. The first kappa shape index (κ1) is 26.2. The predicted molar refractivity (Wildman–Crippen MR) is 131 cm³/mol. The first-order valence-corrected chi connectivity index (χ1v) is 12.9. The highest BCUT2D eigenvalue weighted by Crippen LogP contribution is 2.14. The molecule has 1 aromatic carbocycles. The van der Waals surface area contributed by atoms with E-state index in [4.69, 9.17) is 5.73 Å². The summed E-state index contributed by atoms with van der Waals surface area (Å²) in [7, 11) is 0. The van der Waals surface area contributed by atoms with Gasteiger partial charge in [0, 0.05) is 0 Å². The van der Waals surface area contributed by atoms with Crippen molar-refractivity contribution in [3.05, 3.63) is 35.9 Å². The van der Waals surface area contributed by atoms with E-state index in [-0.39, 0.29) is 0 Å². The molecule has 0 unspecified atom stereocenters. The lowest BCUT2D eigenvalue weighted by Crippen LogP contribution is -2.19. The third-order valence-corrected chi connectivity index (χ3v) is 5.97. The number of nitrogens with two attached hydrogens (primary N) is 1. The second kappa shape index (κ2) is 21.8. The van der Waals surface area contributed by atoms with Crippen LogP contribution in [0.1, 0.15) is 115 Å². The Kier molecular flexibility index (Phi) is 19.7. The third-order valence-electron chi connectivity index (χ3n) is 5.97. The molecular formula is C27H50N2. The molecule has 0 bridgehead atoms. The average molecular weight is 403 g/mol. The molecule has 0 spiro atoms. The molecule has 0 aliphatic heterocycles. The maximum atomic E-state index is 5.49. The summed E-state index contributed by atoms with van der Waals surface area (Å²) >= 11 is 0. The summed E-state index contributed by atoms with van der Waals surface area (Å²) in [5, 5.41) is 3.46. The van der Waals surface area contributed by atoms with E-state index < -0.39 is 0 Å². The molecule has 0 saturated carbocycles. The molecule has 0 amide bonds. The van der Waals surface area contributed by atoms with Crippen LogP contribution in [0.5, 0.6) is 0 Å². The zero-order chi connectivity index (χ0) is 20.7. The van der Waals surface area contributed by atoms with E-state index in [2.05, 4.69) is 35.6 Å². The van der Waals surface area contributed by atoms with Crippen LogP contribution in [0.25, 0.3) is 0 Å². The highest BCUT2D eigenvalue weighted by atomic mass is 14.8. The van der Waals surface area contributed by atoms with E-state index in [1.165, 1.54) is 121 Å². The van der Waals surface area contributed by atoms with E-state index in [1.807, 2.05) is 0 Å². The van der Waals surface area contributed by atoms with Crippen LogP contribution in [0, 0.1) is 0 Å². The van der Waals surface area contributed by atoms with Crippen LogP contribution in [0.3, 0.4) is 0 Å². The maximum absolute atomic E-state index is 5.49. The van der Waals surface area contributed by atoms with Crippen LogP contribution in [0.15, 0.2) is 30.3 Å². The zero-order valence-electron chi connectivity index (χ0n) is 19.3. The van der Waals surface area contributed by atoms with Gasteiger partial charge in [0.15, 0.2) is 0 Å². The molecule has 0 heterocycles. The molecule has 0 aliphatic carbocycles. The fraction of sp³-hybridized carbons (Fsp3) is 0.778. The van der Waals surface area contributed by atoms with Gasteiger partial charge in [0.25, 0.3) is 0 Å². The summed E-state index contributed by atoms with van der Waals surface area (Å²) in [6, 6.07) is 10.9. The summed E-state index contributed by atoms with van der Waals surface area (Å²) < 4.78 is 0. The monoisotopic (exact) mass is 402 g/mol. The van der Waals surface area contributed by atoms with Crippen molar-refractivity contribution >= 4 is 0 Å². The maximum Gasteiger partial charge on any atom is -0.00369 e. The van der Waals surface area contributed by atoms with Gasteiger partial charge >= 0.3 is 0 Å². The van der Waals surface area contributed by atoms with Gasteiger partial charge in [-0.05, 0) is 50.9 Å². The molecular weight excluding hydrogens is 352 g/mol. The van der Waals surface area contributed by atoms with Gasteiger partial charge in [-0.15, -0.1) is 0 Å². The molecule has 1 rings (SSSR count). The number of rotatable bonds is 22. The summed E-state index contributed by atoms with van der Waals surface area (Å²) in [6.07, 6.45) is 25.2. The molecule has 168 valence electrons. The van der Waals surface area contributed by atoms with Crippen molar-refractivity contribution < 1.29 is 0 Å². The second-order valence-electron chi connectivity index (χ2n) is 8.78. The molecule has 0 aliphatic rings.